The molecule has 0 aliphatic rings. The SMILES string of the molecule is CNCc1nn(-c2cccc(Cl)c2C)c(C)cc1=O. The molecule has 0 fully saturated rings. The lowest BCUT2D eigenvalue weighted by molar-refractivity contribution is 0.702. The molecule has 5 heteroatoms. The number of benzene rings is 1. The molecule has 19 heavy (non-hydrogen) atoms. The van der Waals surface area contributed by atoms with Gasteiger partial charge in [-0.05, 0) is 38.6 Å². The van der Waals surface area contributed by atoms with Gasteiger partial charge in [-0.25, -0.2) is 4.68 Å². The molecule has 0 radical (unpaired) electrons. The predicted molar refractivity (Wildman–Crippen MR) is 77.1 cm³/mol. The van der Waals surface area contributed by atoms with Crippen molar-refractivity contribution in [3.8, 4) is 5.69 Å². The monoisotopic (exact) mass is 277 g/mol. The summed E-state index contributed by atoms with van der Waals surface area (Å²) < 4.78 is 1.76. The van der Waals surface area contributed by atoms with E-state index in [4.69, 9.17) is 11.6 Å². The van der Waals surface area contributed by atoms with Crippen LogP contribution in [0.4, 0.5) is 0 Å². The quantitative estimate of drug-likeness (QED) is 0.936. The number of hydrogen-bond donors (Lipinski definition) is 1. The maximum Gasteiger partial charge on any atom is 0.204 e. The van der Waals surface area contributed by atoms with E-state index < -0.39 is 0 Å². The number of rotatable bonds is 3. The van der Waals surface area contributed by atoms with Gasteiger partial charge in [0, 0.05) is 23.3 Å². The van der Waals surface area contributed by atoms with Gasteiger partial charge in [-0.15, -0.1) is 0 Å². The van der Waals surface area contributed by atoms with Crippen molar-refractivity contribution < 1.29 is 0 Å². The lowest BCUT2D eigenvalue weighted by atomic mass is 10.2. The summed E-state index contributed by atoms with van der Waals surface area (Å²) in [6.07, 6.45) is 0. The molecule has 0 atom stereocenters. The summed E-state index contributed by atoms with van der Waals surface area (Å²) in [4.78, 5) is 11.8. The fraction of sp³-hybridized carbons (Fsp3) is 0.286. The molecule has 1 heterocycles. The molecule has 0 spiro atoms. The van der Waals surface area contributed by atoms with E-state index >= 15 is 0 Å². The maximum atomic E-state index is 11.8. The Labute approximate surface area is 117 Å². The van der Waals surface area contributed by atoms with Crippen LogP contribution in [0.5, 0.6) is 0 Å². The summed E-state index contributed by atoms with van der Waals surface area (Å²) in [5, 5.41) is 8.05. The van der Waals surface area contributed by atoms with E-state index in [0.29, 0.717) is 17.3 Å². The van der Waals surface area contributed by atoms with Crippen LogP contribution in [0.25, 0.3) is 5.69 Å². The topological polar surface area (TPSA) is 46.9 Å². The van der Waals surface area contributed by atoms with Gasteiger partial charge in [0.25, 0.3) is 0 Å². The summed E-state index contributed by atoms with van der Waals surface area (Å²) in [6, 6.07) is 7.25. The van der Waals surface area contributed by atoms with Crippen LogP contribution in [0.3, 0.4) is 0 Å². The van der Waals surface area contributed by atoms with E-state index in [1.165, 1.54) is 0 Å². The third-order valence-electron chi connectivity index (χ3n) is 2.99. The number of nitrogens with one attached hydrogen (secondary N) is 1. The van der Waals surface area contributed by atoms with Crippen molar-refractivity contribution >= 4 is 11.6 Å². The first-order chi connectivity index (χ1) is 9.04. The third kappa shape index (κ3) is 2.69. The number of aromatic nitrogens is 2. The Morgan fingerprint density at radius 3 is 2.79 bits per heavy atom. The standard InChI is InChI=1S/C14H16ClN3O/c1-9-7-14(19)12(8-16-3)17-18(9)13-6-4-5-11(15)10(13)2/h4-7,16H,8H2,1-3H3. The van der Waals surface area contributed by atoms with Crippen molar-refractivity contribution in [1.82, 2.24) is 15.1 Å². The average molecular weight is 278 g/mol. The van der Waals surface area contributed by atoms with Gasteiger partial charge >= 0.3 is 0 Å². The van der Waals surface area contributed by atoms with Crippen molar-refractivity contribution in [3.63, 3.8) is 0 Å². The summed E-state index contributed by atoms with van der Waals surface area (Å²) in [5.74, 6) is 0. The van der Waals surface area contributed by atoms with Gasteiger partial charge in [0.15, 0.2) is 0 Å². The van der Waals surface area contributed by atoms with Gasteiger partial charge in [-0.2, -0.15) is 5.10 Å². The van der Waals surface area contributed by atoms with Crippen molar-refractivity contribution in [2.24, 2.45) is 0 Å². The fourth-order valence-corrected chi connectivity index (χ4v) is 2.11. The van der Waals surface area contributed by atoms with Crippen LogP contribution in [-0.4, -0.2) is 16.8 Å². The van der Waals surface area contributed by atoms with E-state index in [1.807, 2.05) is 32.0 Å². The first-order valence-corrected chi connectivity index (χ1v) is 6.42. The molecular formula is C14H16ClN3O. The minimum Gasteiger partial charge on any atom is -0.314 e. The number of aryl methyl sites for hydroxylation is 1. The Kier molecular flexibility index (Phi) is 4.02. The molecule has 4 nitrogen and oxygen atoms in total. The van der Waals surface area contributed by atoms with Crippen LogP contribution >= 0.6 is 11.6 Å². The number of halogens is 1. The Balaban J connectivity index is 2.65. The van der Waals surface area contributed by atoms with E-state index in [2.05, 4.69) is 10.4 Å². The molecule has 0 saturated heterocycles. The summed E-state index contributed by atoms with van der Waals surface area (Å²) in [5.41, 5.74) is 3.06. The molecule has 2 aromatic rings. The van der Waals surface area contributed by atoms with Gasteiger partial charge < -0.3 is 5.32 Å². The summed E-state index contributed by atoms with van der Waals surface area (Å²) >= 11 is 6.13. The number of hydrogen-bond acceptors (Lipinski definition) is 3. The summed E-state index contributed by atoms with van der Waals surface area (Å²) in [6.45, 7) is 4.24. The maximum absolute atomic E-state index is 11.8. The zero-order valence-corrected chi connectivity index (χ0v) is 12.0. The van der Waals surface area contributed by atoms with Crippen LogP contribution in [0.2, 0.25) is 5.02 Å². The Hall–Kier alpha value is -1.65. The van der Waals surface area contributed by atoms with E-state index in [9.17, 15) is 4.79 Å². The molecule has 2 rings (SSSR count). The number of nitrogens with zero attached hydrogens (tertiary/aromatic N) is 2. The normalized spacial score (nSPS) is 10.7. The van der Waals surface area contributed by atoms with Crippen LogP contribution in [0, 0.1) is 13.8 Å². The zero-order chi connectivity index (χ0) is 14.0. The molecule has 0 bridgehead atoms. The van der Waals surface area contributed by atoms with Crippen LogP contribution in [-0.2, 0) is 6.54 Å². The van der Waals surface area contributed by atoms with Gasteiger partial charge in [-0.3, -0.25) is 4.79 Å². The minimum absolute atomic E-state index is 0.0530. The highest BCUT2D eigenvalue weighted by molar-refractivity contribution is 6.31. The minimum atomic E-state index is -0.0530. The average Bonchev–Trinajstić information content (AvgIpc) is 2.37. The third-order valence-corrected chi connectivity index (χ3v) is 3.40. The molecule has 0 amide bonds. The van der Waals surface area contributed by atoms with Gasteiger partial charge in [-0.1, -0.05) is 17.7 Å². The Morgan fingerprint density at radius 2 is 2.11 bits per heavy atom. The highest BCUT2D eigenvalue weighted by Crippen LogP contribution is 2.22. The molecule has 1 N–H and O–H groups in total. The molecule has 1 aromatic heterocycles. The van der Waals surface area contributed by atoms with Crippen molar-refractivity contribution in [2.75, 3.05) is 7.05 Å². The van der Waals surface area contributed by atoms with Crippen molar-refractivity contribution in [2.45, 2.75) is 20.4 Å². The predicted octanol–water partition coefficient (Wildman–Crippen LogP) is 2.22. The van der Waals surface area contributed by atoms with Crippen LogP contribution in [0.1, 0.15) is 17.0 Å². The first-order valence-electron chi connectivity index (χ1n) is 6.04. The molecule has 100 valence electrons. The Bertz CT molecular complexity index is 664. The van der Waals surface area contributed by atoms with E-state index in [0.717, 1.165) is 16.9 Å². The second kappa shape index (κ2) is 5.55. The molecule has 0 unspecified atom stereocenters. The second-order valence-corrected chi connectivity index (χ2v) is 4.83. The molecule has 0 aliphatic heterocycles. The lowest BCUT2D eigenvalue weighted by Gasteiger charge is -2.14. The lowest BCUT2D eigenvalue weighted by Crippen LogP contribution is -2.23. The van der Waals surface area contributed by atoms with Gasteiger partial charge in [0.2, 0.25) is 5.43 Å². The van der Waals surface area contributed by atoms with Gasteiger partial charge in [0.05, 0.1) is 5.69 Å². The van der Waals surface area contributed by atoms with E-state index in [1.54, 1.807) is 17.8 Å². The molecular weight excluding hydrogens is 262 g/mol. The fourth-order valence-electron chi connectivity index (χ4n) is 1.94. The largest absolute Gasteiger partial charge is 0.314 e. The highest BCUT2D eigenvalue weighted by atomic mass is 35.5. The molecule has 1 aromatic carbocycles. The first kappa shape index (κ1) is 13.8. The van der Waals surface area contributed by atoms with Crippen LogP contribution < -0.4 is 10.7 Å². The Morgan fingerprint density at radius 1 is 1.37 bits per heavy atom. The molecule has 0 aliphatic carbocycles. The second-order valence-electron chi connectivity index (χ2n) is 4.42. The van der Waals surface area contributed by atoms with Crippen molar-refractivity contribution in [3.05, 3.63) is 56.5 Å². The molecule has 0 saturated carbocycles. The highest BCUT2D eigenvalue weighted by Gasteiger charge is 2.10. The zero-order valence-electron chi connectivity index (χ0n) is 11.2. The van der Waals surface area contributed by atoms with Gasteiger partial charge in [0.1, 0.15) is 5.69 Å². The summed E-state index contributed by atoms with van der Waals surface area (Å²) in [7, 11) is 1.79. The van der Waals surface area contributed by atoms with Crippen LogP contribution in [0.15, 0.2) is 29.1 Å². The van der Waals surface area contributed by atoms with Crippen molar-refractivity contribution in [1.29, 1.82) is 0 Å². The van der Waals surface area contributed by atoms with E-state index in [-0.39, 0.29) is 5.43 Å². The smallest absolute Gasteiger partial charge is 0.204 e.